The number of nitrogens with zero attached hydrogens (tertiary/aromatic N) is 1. The summed E-state index contributed by atoms with van der Waals surface area (Å²) in [4.78, 5) is 23.3. The van der Waals surface area contributed by atoms with Gasteiger partial charge >= 0.3 is 11.9 Å². The van der Waals surface area contributed by atoms with Crippen molar-refractivity contribution in [2.75, 3.05) is 27.2 Å². The van der Waals surface area contributed by atoms with Gasteiger partial charge in [-0.15, -0.1) is 0 Å². The molecule has 0 aromatic heterocycles. The zero-order valence-corrected chi connectivity index (χ0v) is 18.9. The minimum absolute atomic E-state index is 0.283. The molecule has 0 rings (SSSR count). The second-order valence-corrected chi connectivity index (χ2v) is 8.40. The molecule has 0 aromatic rings. The van der Waals surface area contributed by atoms with Gasteiger partial charge < -0.3 is 19.8 Å². The van der Waals surface area contributed by atoms with E-state index in [9.17, 15) is 9.59 Å². The highest BCUT2D eigenvalue weighted by atomic mass is 16.5. The maximum absolute atomic E-state index is 10.5. The first-order chi connectivity index (χ1) is 13.9. The standard InChI is InChI=1S/C23H45NO5/c1-24(2)19-13-14-20-29-21(15-9-5-3-7-11-17-22(25)26)16-10-6-4-8-12-18-23(27)28/h21H,3-20H2,1-2H3,(H,25,26)(H,27,28). The van der Waals surface area contributed by atoms with Crippen LogP contribution in [0.15, 0.2) is 0 Å². The molecule has 0 heterocycles. The van der Waals surface area contributed by atoms with Crippen LogP contribution in [0.2, 0.25) is 0 Å². The summed E-state index contributed by atoms with van der Waals surface area (Å²) in [6.07, 6.45) is 15.7. The average molecular weight is 416 g/mol. The smallest absolute Gasteiger partial charge is 0.303 e. The van der Waals surface area contributed by atoms with Gasteiger partial charge in [-0.25, -0.2) is 0 Å². The first kappa shape index (κ1) is 27.9. The lowest BCUT2D eigenvalue weighted by Gasteiger charge is -2.18. The fourth-order valence-electron chi connectivity index (χ4n) is 3.45. The summed E-state index contributed by atoms with van der Waals surface area (Å²) in [6.45, 7) is 1.93. The van der Waals surface area contributed by atoms with Crippen LogP contribution >= 0.6 is 0 Å². The fraction of sp³-hybridized carbons (Fsp3) is 0.913. The summed E-state index contributed by atoms with van der Waals surface area (Å²) in [7, 11) is 4.19. The van der Waals surface area contributed by atoms with Crippen LogP contribution in [0.1, 0.15) is 103 Å². The van der Waals surface area contributed by atoms with Crippen LogP contribution in [-0.4, -0.2) is 60.4 Å². The molecule has 0 saturated carbocycles. The van der Waals surface area contributed by atoms with Crippen LogP contribution in [0, 0.1) is 0 Å². The maximum atomic E-state index is 10.5. The summed E-state index contributed by atoms with van der Waals surface area (Å²) in [5.41, 5.74) is 0. The Morgan fingerprint density at radius 1 is 0.690 bits per heavy atom. The lowest BCUT2D eigenvalue weighted by atomic mass is 10.0. The van der Waals surface area contributed by atoms with Crippen molar-refractivity contribution >= 4 is 11.9 Å². The SMILES string of the molecule is CN(C)CCCCOC(CCCCCCCC(=O)O)CCCCCCCC(=O)O. The lowest BCUT2D eigenvalue weighted by Crippen LogP contribution is -2.16. The van der Waals surface area contributed by atoms with E-state index in [1.165, 1.54) is 0 Å². The molecule has 6 nitrogen and oxygen atoms in total. The molecule has 6 heteroatoms. The highest BCUT2D eigenvalue weighted by Gasteiger charge is 2.09. The Hall–Kier alpha value is -1.14. The molecule has 0 aliphatic carbocycles. The number of carboxylic acids is 2. The lowest BCUT2D eigenvalue weighted by molar-refractivity contribution is -0.138. The summed E-state index contributed by atoms with van der Waals surface area (Å²) < 4.78 is 6.17. The van der Waals surface area contributed by atoms with Crippen LogP contribution in [0.25, 0.3) is 0 Å². The fourth-order valence-corrected chi connectivity index (χ4v) is 3.45. The Kier molecular flexibility index (Phi) is 19.4. The van der Waals surface area contributed by atoms with Crippen molar-refractivity contribution in [1.29, 1.82) is 0 Å². The van der Waals surface area contributed by atoms with Crippen LogP contribution in [0.4, 0.5) is 0 Å². The molecule has 29 heavy (non-hydrogen) atoms. The third-order valence-electron chi connectivity index (χ3n) is 5.19. The van der Waals surface area contributed by atoms with Gasteiger partial charge in [0.25, 0.3) is 0 Å². The van der Waals surface area contributed by atoms with Gasteiger partial charge in [0.15, 0.2) is 0 Å². The molecule has 0 radical (unpaired) electrons. The monoisotopic (exact) mass is 415 g/mol. The Balaban J connectivity index is 3.90. The number of aliphatic carboxylic acids is 2. The van der Waals surface area contributed by atoms with Crippen LogP contribution in [0.5, 0.6) is 0 Å². The van der Waals surface area contributed by atoms with E-state index in [1.54, 1.807) is 0 Å². The molecule has 0 aliphatic rings. The van der Waals surface area contributed by atoms with E-state index < -0.39 is 11.9 Å². The minimum atomic E-state index is -0.698. The van der Waals surface area contributed by atoms with Crippen LogP contribution < -0.4 is 0 Å². The van der Waals surface area contributed by atoms with Crippen LogP contribution in [0.3, 0.4) is 0 Å². The summed E-state index contributed by atoms with van der Waals surface area (Å²) in [6, 6.07) is 0. The van der Waals surface area contributed by atoms with E-state index in [0.717, 1.165) is 103 Å². The van der Waals surface area contributed by atoms with E-state index in [4.69, 9.17) is 14.9 Å². The quantitative estimate of drug-likeness (QED) is 0.232. The number of unbranched alkanes of at least 4 members (excludes halogenated alkanes) is 9. The number of carbonyl (C=O) groups is 2. The Morgan fingerprint density at radius 2 is 1.14 bits per heavy atom. The second kappa shape index (κ2) is 20.1. The normalized spacial score (nSPS) is 11.4. The molecule has 0 spiro atoms. The highest BCUT2D eigenvalue weighted by Crippen LogP contribution is 2.17. The van der Waals surface area contributed by atoms with E-state index in [-0.39, 0.29) is 12.8 Å². The Labute approximate surface area is 178 Å². The van der Waals surface area contributed by atoms with Gasteiger partial charge in [-0.05, 0) is 59.2 Å². The van der Waals surface area contributed by atoms with E-state index >= 15 is 0 Å². The number of hydrogen-bond acceptors (Lipinski definition) is 4. The van der Waals surface area contributed by atoms with Gasteiger partial charge in [0.1, 0.15) is 0 Å². The zero-order chi connectivity index (χ0) is 21.7. The van der Waals surface area contributed by atoms with Gasteiger partial charge in [0.05, 0.1) is 6.10 Å². The van der Waals surface area contributed by atoms with Crippen molar-refractivity contribution in [3.63, 3.8) is 0 Å². The van der Waals surface area contributed by atoms with Gasteiger partial charge in [0.2, 0.25) is 0 Å². The molecule has 172 valence electrons. The number of ether oxygens (including phenoxy) is 1. The molecule has 0 bridgehead atoms. The van der Waals surface area contributed by atoms with Crippen molar-refractivity contribution in [3.05, 3.63) is 0 Å². The predicted molar refractivity (Wildman–Crippen MR) is 117 cm³/mol. The molecule has 2 N–H and O–H groups in total. The number of hydrogen-bond donors (Lipinski definition) is 2. The van der Waals surface area contributed by atoms with E-state index in [0.29, 0.717) is 6.10 Å². The van der Waals surface area contributed by atoms with Gasteiger partial charge in [-0.3, -0.25) is 9.59 Å². The molecular formula is C23H45NO5. The van der Waals surface area contributed by atoms with Crippen molar-refractivity contribution in [2.45, 2.75) is 109 Å². The van der Waals surface area contributed by atoms with E-state index in [2.05, 4.69) is 19.0 Å². The summed E-state index contributed by atoms with van der Waals surface area (Å²) in [5.74, 6) is -1.40. The second-order valence-electron chi connectivity index (χ2n) is 8.40. The average Bonchev–Trinajstić information content (AvgIpc) is 2.64. The van der Waals surface area contributed by atoms with Gasteiger partial charge in [-0.1, -0.05) is 51.4 Å². The van der Waals surface area contributed by atoms with Crippen molar-refractivity contribution < 1.29 is 24.5 Å². The zero-order valence-electron chi connectivity index (χ0n) is 18.9. The molecule has 0 aliphatic heterocycles. The third-order valence-corrected chi connectivity index (χ3v) is 5.19. The van der Waals surface area contributed by atoms with Gasteiger partial charge in [0, 0.05) is 19.4 Å². The predicted octanol–water partition coefficient (Wildman–Crippen LogP) is 5.34. The molecule has 0 aromatic carbocycles. The number of carboxylic acid groups (broad SMARTS) is 2. The van der Waals surface area contributed by atoms with Gasteiger partial charge in [-0.2, -0.15) is 0 Å². The molecule has 0 atom stereocenters. The number of rotatable bonds is 22. The summed E-state index contributed by atoms with van der Waals surface area (Å²) >= 11 is 0. The summed E-state index contributed by atoms with van der Waals surface area (Å²) in [5, 5.41) is 17.3. The Morgan fingerprint density at radius 3 is 1.59 bits per heavy atom. The molecule has 0 unspecified atom stereocenters. The first-order valence-corrected chi connectivity index (χ1v) is 11.6. The maximum Gasteiger partial charge on any atom is 0.303 e. The minimum Gasteiger partial charge on any atom is -0.481 e. The van der Waals surface area contributed by atoms with E-state index in [1.807, 2.05) is 0 Å². The van der Waals surface area contributed by atoms with Crippen molar-refractivity contribution in [2.24, 2.45) is 0 Å². The highest BCUT2D eigenvalue weighted by molar-refractivity contribution is 5.66. The molecule has 0 amide bonds. The van der Waals surface area contributed by atoms with Crippen LogP contribution in [-0.2, 0) is 14.3 Å². The topological polar surface area (TPSA) is 87.1 Å². The molecule has 0 saturated heterocycles. The third kappa shape index (κ3) is 23.0. The van der Waals surface area contributed by atoms with Crippen molar-refractivity contribution in [1.82, 2.24) is 4.90 Å². The van der Waals surface area contributed by atoms with Crippen molar-refractivity contribution in [3.8, 4) is 0 Å². The largest absolute Gasteiger partial charge is 0.481 e. The first-order valence-electron chi connectivity index (χ1n) is 11.6. The Bertz CT molecular complexity index is 373. The molecular weight excluding hydrogens is 370 g/mol. The molecule has 0 fully saturated rings.